The highest BCUT2D eigenvalue weighted by atomic mass is 15.1. The summed E-state index contributed by atoms with van der Waals surface area (Å²) in [6.45, 7) is 8.76. The molecule has 1 atom stereocenters. The molecule has 0 aromatic heterocycles. The van der Waals surface area contributed by atoms with E-state index in [9.17, 15) is 0 Å². The molecule has 0 saturated carbocycles. The average Bonchev–Trinajstić information content (AvgIpc) is 1.99. The molecule has 0 radical (unpaired) electrons. The number of nitrogens with zero attached hydrogens (tertiary/aromatic N) is 1. The predicted octanol–water partition coefficient (Wildman–Crippen LogP) is 2.24. The number of unbranched alkanes of at least 4 members (excludes halogenated alkanes) is 1. The Labute approximate surface area is 83.5 Å². The molecule has 0 saturated heterocycles. The maximum atomic E-state index is 6.16. The lowest BCUT2D eigenvalue weighted by Gasteiger charge is -2.29. The average molecular weight is 186 g/mol. The maximum absolute atomic E-state index is 6.16. The summed E-state index contributed by atoms with van der Waals surface area (Å²) < 4.78 is 0. The Kier molecular flexibility index (Phi) is 6.35. The molecule has 0 bridgehead atoms. The van der Waals surface area contributed by atoms with Gasteiger partial charge in [-0.1, -0.05) is 26.7 Å². The van der Waals surface area contributed by atoms with E-state index in [1.165, 1.54) is 25.8 Å². The topological polar surface area (TPSA) is 29.3 Å². The summed E-state index contributed by atoms with van der Waals surface area (Å²) in [6.07, 6.45) is 4.83. The molecule has 2 heteroatoms. The molecule has 0 aromatic carbocycles. The van der Waals surface area contributed by atoms with E-state index in [0.717, 1.165) is 13.0 Å². The summed E-state index contributed by atoms with van der Waals surface area (Å²) in [5, 5.41) is 0. The fraction of sp³-hybridized carbons (Fsp3) is 1.00. The molecular weight excluding hydrogens is 160 g/mol. The normalized spacial score (nSPS) is 16.2. The van der Waals surface area contributed by atoms with Crippen LogP contribution < -0.4 is 5.73 Å². The van der Waals surface area contributed by atoms with Crippen LogP contribution in [-0.4, -0.2) is 30.6 Å². The van der Waals surface area contributed by atoms with Crippen LogP contribution in [0.2, 0.25) is 0 Å². The van der Waals surface area contributed by atoms with Crippen LogP contribution in [0.4, 0.5) is 0 Å². The fourth-order valence-electron chi connectivity index (χ4n) is 1.77. The second kappa shape index (κ2) is 6.39. The van der Waals surface area contributed by atoms with E-state index in [1.54, 1.807) is 0 Å². The van der Waals surface area contributed by atoms with E-state index in [-0.39, 0.29) is 5.54 Å². The first kappa shape index (κ1) is 12.9. The lowest BCUT2D eigenvalue weighted by atomic mass is 9.97. The van der Waals surface area contributed by atoms with Crippen LogP contribution >= 0.6 is 0 Å². The molecule has 0 aliphatic rings. The molecule has 80 valence electrons. The summed E-state index contributed by atoms with van der Waals surface area (Å²) >= 11 is 0. The lowest BCUT2D eigenvalue weighted by molar-refractivity contribution is 0.244. The van der Waals surface area contributed by atoms with Crippen molar-refractivity contribution in [2.24, 2.45) is 5.73 Å². The largest absolute Gasteiger partial charge is 0.324 e. The van der Waals surface area contributed by atoms with Crippen molar-refractivity contribution in [2.45, 2.75) is 52.0 Å². The van der Waals surface area contributed by atoms with Gasteiger partial charge in [0.15, 0.2) is 0 Å². The summed E-state index contributed by atoms with van der Waals surface area (Å²) in [5.41, 5.74) is 6.16. The third-order valence-electron chi connectivity index (χ3n) is 2.35. The highest BCUT2D eigenvalue weighted by Crippen LogP contribution is 2.10. The smallest absolute Gasteiger partial charge is 0.0254 e. The van der Waals surface area contributed by atoms with Crippen molar-refractivity contribution in [2.75, 3.05) is 20.1 Å². The van der Waals surface area contributed by atoms with Crippen LogP contribution in [0.3, 0.4) is 0 Å². The molecule has 0 fully saturated rings. The quantitative estimate of drug-likeness (QED) is 0.660. The molecule has 13 heavy (non-hydrogen) atoms. The van der Waals surface area contributed by atoms with Crippen LogP contribution in [0.25, 0.3) is 0 Å². The van der Waals surface area contributed by atoms with E-state index in [0.29, 0.717) is 0 Å². The Morgan fingerprint density at radius 1 is 1.23 bits per heavy atom. The third-order valence-corrected chi connectivity index (χ3v) is 2.35. The van der Waals surface area contributed by atoms with E-state index in [2.05, 4.69) is 32.7 Å². The molecule has 0 aromatic rings. The molecule has 2 N–H and O–H groups in total. The monoisotopic (exact) mass is 186 g/mol. The Hall–Kier alpha value is -0.0800. The minimum Gasteiger partial charge on any atom is -0.324 e. The fourth-order valence-corrected chi connectivity index (χ4v) is 1.77. The Morgan fingerprint density at radius 3 is 2.31 bits per heavy atom. The van der Waals surface area contributed by atoms with E-state index in [4.69, 9.17) is 5.73 Å². The van der Waals surface area contributed by atoms with Crippen molar-refractivity contribution in [3.05, 3.63) is 0 Å². The van der Waals surface area contributed by atoms with Crippen molar-refractivity contribution in [1.29, 1.82) is 0 Å². The first-order valence-electron chi connectivity index (χ1n) is 5.49. The molecule has 0 spiro atoms. The molecule has 2 nitrogen and oxygen atoms in total. The van der Waals surface area contributed by atoms with Crippen LogP contribution in [0.1, 0.15) is 46.5 Å². The number of rotatable bonds is 7. The van der Waals surface area contributed by atoms with Crippen molar-refractivity contribution in [3.63, 3.8) is 0 Å². The van der Waals surface area contributed by atoms with Gasteiger partial charge in [0.05, 0.1) is 0 Å². The van der Waals surface area contributed by atoms with E-state index in [1.807, 2.05) is 0 Å². The summed E-state index contributed by atoms with van der Waals surface area (Å²) in [6, 6.07) is 0. The molecule has 1 unspecified atom stereocenters. The van der Waals surface area contributed by atoms with Crippen LogP contribution in [0.15, 0.2) is 0 Å². The SMILES string of the molecule is CCCCN(C)CC(C)(N)CCC. The third kappa shape index (κ3) is 7.03. The second-order valence-electron chi connectivity index (χ2n) is 4.50. The van der Waals surface area contributed by atoms with Crippen LogP contribution in [-0.2, 0) is 0 Å². The van der Waals surface area contributed by atoms with Gasteiger partial charge in [0.2, 0.25) is 0 Å². The number of hydrogen-bond donors (Lipinski definition) is 1. The Morgan fingerprint density at radius 2 is 1.85 bits per heavy atom. The molecule has 0 aliphatic carbocycles. The van der Waals surface area contributed by atoms with Gasteiger partial charge in [-0.3, -0.25) is 0 Å². The van der Waals surface area contributed by atoms with Gasteiger partial charge in [-0.25, -0.2) is 0 Å². The summed E-state index contributed by atoms with van der Waals surface area (Å²) in [5.74, 6) is 0. The van der Waals surface area contributed by atoms with Gasteiger partial charge in [-0.2, -0.15) is 0 Å². The first-order chi connectivity index (χ1) is 6.02. The van der Waals surface area contributed by atoms with Crippen LogP contribution in [0.5, 0.6) is 0 Å². The minimum atomic E-state index is -0.00274. The van der Waals surface area contributed by atoms with Gasteiger partial charge in [0.25, 0.3) is 0 Å². The van der Waals surface area contributed by atoms with E-state index < -0.39 is 0 Å². The summed E-state index contributed by atoms with van der Waals surface area (Å²) in [7, 11) is 2.16. The minimum absolute atomic E-state index is 0.00274. The van der Waals surface area contributed by atoms with Crippen molar-refractivity contribution in [3.8, 4) is 0 Å². The number of nitrogens with two attached hydrogens (primary N) is 1. The summed E-state index contributed by atoms with van der Waals surface area (Å²) in [4.78, 5) is 2.35. The second-order valence-corrected chi connectivity index (χ2v) is 4.50. The first-order valence-corrected chi connectivity index (χ1v) is 5.49. The Balaban J connectivity index is 3.68. The van der Waals surface area contributed by atoms with Gasteiger partial charge in [0, 0.05) is 12.1 Å². The van der Waals surface area contributed by atoms with Crippen LogP contribution in [0, 0.1) is 0 Å². The zero-order valence-electron chi connectivity index (χ0n) is 9.77. The van der Waals surface area contributed by atoms with E-state index >= 15 is 0 Å². The molecule has 0 heterocycles. The standard InChI is InChI=1S/C11H26N2/c1-5-7-9-13(4)10-11(3,12)8-6-2/h5-10,12H2,1-4H3. The molecular formula is C11H26N2. The van der Waals surface area contributed by atoms with Crippen molar-refractivity contribution >= 4 is 0 Å². The Bertz CT molecular complexity index is 121. The lowest BCUT2D eigenvalue weighted by Crippen LogP contribution is -2.46. The van der Waals surface area contributed by atoms with Gasteiger partial charge >= 0.3 is 0 Å². The van der Waals surface area contributed by atoms with Crippen molar-refractivity contribution in [1.82, 2.24) is 4.90 Å². The van der Waals surface area contributed by atoms with Gasteiger partial charge in [-0.15, -0.1) is 0 Å². The van der Waals surface area contributed by atoms with Gasteiger partial charge in [-0.05, 0) is 33.4 Å². The predicted molar refractivity (Wildman–Crippen MR) is 59.9 cm³/mol. The van der Waals surface area contributed by atoms with Gasteiger partial charge < -0.3 is 10.6 Å². The van der Waals surface area contributed by atoms with Crippen molar-refractivity contribution < 1.29 is 0 Å². The molecule has 0 aliphatic heterocycles. The molecule has 0 rings (SSSR count). The highest BCUT2D eigenvalue weighted by Gasteiger charge is 2.18. The number of likely N-dealkylation sites (N-methyl/N-ethyl adjacent to an activating group) is 1. The zero-order valence-corrected chi connectivity index (χ0v) is 9.77. The number of hydrogen-bond acceptors (Lipinski definition) is 2. The van der Waals surface area contributed by atoms with Gasteiger partial charge in [0.1, 0.15) is 0 Å². The molecule has 0 amide bonds. The maximum Gasteiger partial charge on any atom is 0.0254 e. The zero-order chi connectivity index (χ0) is 10.3. The highest BCUT2D eigenvalue weighted by molar-refractivity contribution is 4.81.